The largest absolute Gasteiger partial charge is 0.497 e. The van der Waals surface area contributed by atoms with Crippen molar-refractivity contribution in [2.75, 3.05) is 7.11 Å². The van der Waals surface area contributed by atoms with Crippen molar-refractivity contribution in [3.05, 3.63) is 66.0 Å². The van der Waals surface area contributed by atoms with Crippen LogP contribution in [0, 0.1) is 0 Å². The van der Waals surface area contributed by atoms with Crippen molar-refractivity contribution in [2.45, 2.75) is 0 Å². The van der Waals surface area contributed by atoms with E-state index in [1.165, 1.54) is 0 Å². The van der Waals surface area contributed by atoms with Crippen LogP contribution in [-0.4, -0.2) is 7.11 Å². The van der Waals surface area contributed by atoms with E-state index in [0.717, 1.165) is 27.7 Å². The molecule has 3 heteroatoms. The molecule has 0 N–H and O–H groups in total. The van der Waals surface area contributed by atoms with Crippen molar-refractivity contribution in [2.24, 2.45) is 0 Å². The number of benzene rings is 2. The Labute approximate surface area is 122 Å². The molecular weight excluding hydrogens is 268 g/mol. The smallest absolute Gasteiger partial charge is 0.181 e. The van der Waals surface area contributed by atoms with Gasteiger partial charge < -0.3 is 9.47 Å². The number of hydrogen-bond donors (Lipinski definition) is 0. The third-order valence-electron chi connectivity index (χ3n) is 2.96. The Morgan fingerprint density at radius 2 is 1.55 bits per heavy atom. The van der Waals surface area contributed by atoms with Gasteiger partial charge in [-0.2, -0.15) is 0 Å². The summed E-state index contributed by atoms with van der Waals surface area (Å²) in [6.45, 7) is 0. The maximum atomic E-state index is 5.82. The Morgan fingerprint density at radius 3 is 2.25 bits per heavy atom. The number of para-hydroxylation sites is 1. The summed E-state index contributed by atoms with van der Waals surface area (Å²) in [5.41, 5.74) is 2.31. The van der Waals surface area contributed by atoms with Crippen molar-refractivity contribution in [1.29, 1.82) is 0 Å². The maximum absolute atomic E-state index is 5.82. The lowest BCUT2D eigenvalue weighted by Crippen LogP contribution is -1.81. The molecule has 20 heavy (non-hydrogen) atoms. The van der Waals surface area contributed by atoms with E-state index in [9.17, 15) is 0 Å². The fraction of sp³-hybridized carbons (Fsp3) is 0.0588. The topological polar surface area (TPSA) is 18.5 Å². The van der Waals surface area contributed by atoms with Crippen LogP contribution in [0.15, 0.2) is 66.0 Å². The van der Waals surface area contributed by atoms with E-state index >= 15 is 0 Å². The molecule has 3 aromatic rings. The van der Waals surface area contributed by atoms with Crippen LogP contribution >= 0.6 is 11.3 Å². The van der Waals surface area contributed by atoms with Gasteiger partial charge in [0.15, 0.2) is 5.06 Å². The fourth-order valence-electron chi connectivity index (χ4n) is 1.91. The summed E-state index contributed by atoms with van der Waals surface area (Å²) in [5, 5.41) is 2.99. The summed E-state index contributed by atoms with van der Waals surface area (Å²) in [6, 6.07) is 19.9. The lowest BCUT2D eigenvalue weighted by Gasteiger charge is -2.02. The van der Waals surface area contributed by atoms with Crippen LogP contribution in [0.3, 0.4) is 0 Å². The summed E-state index contributed by atoms with van der Waals surface area (Å²) >= 11 is 1.60. The second kappa shape index (κ2) is 5.80. The monoisotopic (exact) mass is 282 g/mol. The maximum Gasteiger partial charge on any atom is 0.181 e. The molecule has 0 atom stereocenters. The molecule has 100 valence electrons. The molecule has 0 aliphatic rings. The van der Waals surface area contributed by atoms with Crippen molar-refractivity contribution < 1.29 is 9.47 Å². The van der Waals surface area contributed by atoms with Gasteiger partial charge in [0.25, 0.3) is 0 Å². The van der Waals surface area contributed by atoms with Gasteiger partial charge in [-0.3, -0.25) is 0 Å². The van der Waals surface area contributed by atoms with Gasteiger partial charge in [-0.15, -0.1) is 11.3 Å². The molecule has 0 aliphatic heterocycles. The average molecular weight is 282 g/mol. The van der Waals surface area contributed by atoms with E-state index in [1.54, 1.807) is 18.4 Å². The summed E-state index contributed by atoms with van der Waals surface area (Å²) in [7, 11) is 1.67. The number of thiophene rings is 1. The standard InChI is InChI=1S/C17H14O2S/c1-18-15-9-7-13(8-10-15)14-11-17(20-12-14)19-16-5-3-2-4-6-16/h2-12H,1H3. The van der Waals surface area contributed by atoms with Gasteiger partial charge in [0.1, 0.15) is 11.5 Å². The summed E-state index contributed by atoms with van der Waals surface area (Å²) in [4.78, 5) is 0. The van der Waals surface area contributed by atoms with E-state index in [1.807, 2.05) is 54.6 Å². The first-order chi connectivity index (χ1) is 9.85. The molecule has 0 saturated carbocycles. The second-order valence-corrected chi connectivity index (χ2v) is 5.17. The van der Waals surface area contributed by atoms with Gasteiger partial charge in [0.05, 0.1) is 7.11 Å². The lowest BCUT2D eigenvalue weighted by atomic mass is 10.1. The Kier molecular flexibility index (Phi) is 3.70. The average Bonchev–Trinajstić information content (AvgIpc) is 2.97. The molecule has 0 unspecified atom stereocenters. The van der Waals surface area contributed by atoms with Gasteiger partial charge in [-0.1, -0.05) is 30.3 Å². The lowest BCUT2D eigenvalue weighted by molar-refractivity contribution is 0.415. The Hall–Kier alpha value is -2.26. The molecule has 0 radical (unpaired) electrons. The first-order valence-corrected chi connectivity index (χ1v) is 7.19. The molecule has 2 aromatic carbocycles. The van der Waals surface area contributed by atoms with Crippen LogP contribution in [0.2, 0.25) is 0 Å². The number of ether oxygens (including phenoxy) is 2. The van der Waals surface area contributed by atoms with Gasteiger partial charge >= 0.3 is 0 Å². The first kappa shape index (κ1) is 12.8. The van der Waals surface area contributed by atoms with E-state index in [-0.39, 0.29) is 0 Å². The summed E-state index contributed by atoms with van der Waals surface area (Å²) in [6.07, 6.45) is 0. The minimum atomic E-state index is 0.857. The zero-order chi connectivity index (χ0) is 13.8. The van der Waals surface area contributed by atoms with Gasteiger partial charge in [0.2, 0.25) is 0 Å². The molecular formula is C17H14O2S. The van der Waals surface area contributed by atoms with Crippen LogP contribution < -0.4 is 9.47 Å². The van der Waals surface area contributed by atoms with E-state index in [0.29, 0.717) is 0 Å². The van der Waals surface area contributed by atoms with Gasteiger partial charge in [-0.25, -0.2) is 0 Å². The van der Waals surface area contributed by atoms with E-state index in [4.69, 9.17) is 9.47 Å². The van der Waals surface area contributed by atoms with Crippen molar-refractivity contribution in [3.63, 3.8) is 0 Å². The van der Waals surface area contributed by atoms with E-state index < -0.39 is 0 Å². The zero-order valence-electron chi connectivity index (χ0n) is 11.1. The summed E-state index contributed by atoms with van der Waals surface area (Å²) in [5.74, 6) is 1.72. The highest BCUT2D eigenvalue weighted by Crippen LogP contribution is 2.34. The molecule has 0 bridgehead atoms. The van der Waals surface area contributed by atoms with Gasteiger partial charge in [-0.05, 0) is 35.4 Å². The molecule has 0 saturated heterocycles. The highest BCUT2D eigenvalue weighted by Gasteiger charge is 2.04. The third-order valence-corrected chi connectivity index (χ3v) is 3.77. The van der Waals surface area contributed by atoms with Crippen molar-refractivity contribution in [1.82, 2.24) is 0 Å². The molecule has 2 nitrogen and oxygen atoms in total. The van der Waals surface area contributed by atoms with E-state index in [2.05, 4.69) is 11.4 Å². The molecule has 0 fully saturated rings. The predicted molar refractivity (Wildman–Crippen MR) is 82.8 cm³/mol. The summed E-state index contributed by atoms with van der Waals surface area (Å²) < 4.78 is 11.0. The van der Waals surface area contributed by atoms with Crippen LogP contribution in [0.1, 0.15) is 0 Å². The van der Waals surface area contributed by atoms with Crippen molar-refractivity contribution >= 4 is 11.3 Å². The number of methoxy groups -OCH3 is 1. The number of hydrogen-bond acceptors (Lipinski definition) is 3. The van der Waals surface area contributed by atoms with Crippen molar-refractivity contribution in [3.8, 4) is 27.7 Å². The highest BCUT2D eigenvalue weighted by molar-refractivity contribution is 7.12. The van der Waals surface area contributed by atoms with Gasteiger partial charge in [0, 0.05) is 11.4 Å². The fourth-order valence-corrected chi connectivity index (χ4v) is 2.70. The number of rotatable bonds is 4. The molecule has 1 heterocycles. The highest BCUT2D eigenvalue weighted by atomic mass is 32.1. The first-order valence-electron chi connectivity index (χ1n) is 6.31. The molecule has 0 spiro atoms. The SMILES string of the molecule is COc1ccc(-c2csc(Oc3ccccc3)c2)cc1. The van der Waals surface area contributed by atoms with Crippen LogP contribution in [0.25, 0.3) is 11.1 Å². The Bertz CT molecular complexity index is 672. The molecule has 0 aliphatic carbocycles. The zero-order valence-corrected chi connectivity index (χ0v) is 11.9. The second-order valence-electron chi connectivity index (χ2n) is 4.30. The molecule has 0 amide bonds. The third kappa shape index (κ3) is 2.83. The van der Waals surface area contributed by atoms with Crippen LogP contribution in [0.5, 0.6) is 16.6 Å². The quantitative estimate of drug-likeness (QED) is 0.653. The minimum absolute atomic E-state index is 0.857. The molecule has 3 rings (SSSR count). The normalized spacial score (nSPS) is 10.2. The van der Waals surface area contributed by atoms with Crippen LogP contribution in [-0.2, 0) is 0 Å². The Balaban J connectivity index is 1.79. The minimum Gasteiger partial charge on any atom is -0.497 e. The Morgan fingerprint density at radius 1 is 0.800 bits per heavy atom. The molecule has 1 aromatic heterocycles. The van der Waals surface area contributed by atoms with Crippen LogP contribution in [0.4, 0.5) is 0 Å². The predicted octanol–water partition coefficient (Wildman–Crippen LogP) is 5.22.